The van der Waals surface area contributed by atoms with Crippen LogP contribution in [0.15, 0.2) is 30.6 Å². The summed E-state index contributed by atoms with van der Waals surface area (Å²) < 4.78 is 0. The molecule has 1 aromatic carbocycles. The van der Waals surface area contributed by atoms with Crippen LogP contribution in [0.3, 0.4) is 0 Å². The molecule has 2 N–H and O–H groups in total. The molecule has 0 bridgehead atoms. The monoisotopic (exact) mass is 290 g/mol. The maximum Gasteiger partial charge on any atom is 0.137 e. The summed E-state index contributed by atoms with van der Waals surface area (Å²) in [5.74, 6) is 1.74. The molecule has 20 heavy (non-hydrogen) atoms. The predicted molar refractivity (Wildman–Crippen MR) is 79.6 cm³/mol. The molecule has 1 atom stereocenters. The Morgan fingerprint density at radius 2 is 2.10 bits per heavy atom. The van der Waals surface area contributed by atoms with Crippen LogP contribution in [0.2, 0.25) is 5.02 Å². The van der Waals surface area contributed by atoms with Crippen LogP contribution in [0.4, 0.5) is 0 Å². The van der Waals surface area contributed by atoms with E-state index in [9.17, 15) is 0 Å². The van der Waals surface area contributed by atoms with Gasteiger partial charge in [-0.05, 0) is 49.4 Å². The lowest BCUT2D eigenvalue weighted by Gasteiger charge is -2.18. The number of rotatable bonds is 7. The second-order valence-corrected chi connectivity index (χ2v) is 5.79. The standard InChI is InChI=1S/C15H19ClN4/c16-13-7-5-12(6-8-13)15(11-3-4-11)17-9-1-2-14-18-10-19-20-14/h5-8,10-11,15,17H,1-4,9H2,(H,18,19,20). The number of hydrogen-bond donors (Lipinski definition) is 2. The molecule has 0 saturated heterocycles. The van der Waals surface area contributed by atoms with E-state index in [0.717, 1.165) is 36.2 Å². The lowest BCUT2D eigenvalue weighted by Crippen LogP contribution is -2.24. The number of nitrogens with one attached hydrogen (secondary N) is 2. The topological polar surface area (TPSA) is 53.6 Å². The summed E-state index contributed by atoms with van der Waals surface area (Å²) in [5.41, 5.74) is 1.34. The third kappa shape index (κ3) is 3.58. The molecule has 3 rings (SSSR count). The number of aromatic amines is 1. The molecule has 1 aliphatic carbocycles. The van der Waals surface area contributed by atoms with E-state index in [2.05, 4.69) is 32.6 Å². The zero-order chi connectivity index (χ0) is 13.8. The fourth-order valence-corrected chi connectivity index (χ4v) is 2.65. The highest BCUT2D eigenvalue weighted by Crippen LogP contribution is 2.41. The Bertz CT molecular complexity index is 519. The third-order valence-electron chi connectivity index (χ3n) is 3.74. The zero-order valence-electron chi connectivity index (χ0n) is 11.3. The summed E-state index contributed by atoms with van der Waals surface area (Å²) in [6.45, 7) is 0.991. The Morgan fingerprint density at radius 3 is 2.75 bits per heavy atom. The number of hydrogen-bond acceptors (Lipinski definition) is 3. The second kappa shape index (κ2) is 6.37. The van der Waals surface area contributed by atoms with Crippen LogP contribution in [0.25, 0.3) is 0 Å². The van der Waals surface area contributed by atoms with Crippen LogP contribution in [-0.2, 0) is 6.42 Å². The van der Waals surface area contributed by atoms with Gasteiger partial charge in [0, 0.05) is 17.5 Å². The Hall–Kier alpha value is -1.39. The molecule has 5 heteroatoms. The fraction of sp³-hybridized carbons (Fsp3) is 0.467. The van der Waals surface area contributed by atoms with Crippen molar-refractivity contribution in [2.75, 3.05) is 6.54 Å². The first kappa shape index (κ1) is 13.6. The molecule has 1 saturated carbocycles. The first-order valence-electron chi connectivity index (χ1n) is 7.16. The molecule has 106 valence electrons. The van der Waals surface area contributed by atoms with Gasteiger partial charge in [0.25, 0.3) is 0 Å². The molecule has 4 nitrogen and oxygen atoms in total. The molecule has 0 amide bonds. The SMILES string of the molecule is Clc1ccc(C(NCCCc2ncn[nH]2)C2CC2)cc1. The first-order valence-corrected chi connectivity index (χ1v) is 7.54. The van der Waals surface area contributed by atoms with Crippen LogP contribution in [-0.4, -0.2) is 21.7 Å². The molecule has 1 fully saturated rings. The van der Waals surface area contributed by atoms with Crippen LogP contribution >= 0.6 is 11.6 Å². The van der Waals surface area contributed by atoms with Gasteiger partial charge in [-0.15, -0.1) is 0 Å². The Morgan fingerprint density at radius 1 is 1.30 bits per heavy atom. The lowest BCUT2D eigenvalue weighted by atomic mass is 10.0. The summed E-state index contributed by atoms with van der Waals surface area (Å²) in [7, 11) is 0. The maximum absolute atomic E-state index is 5.96. The number of nitrogens with zero attached hydrogens (tertiary/aromatic N) is 2. The minimum atomic E-state index is 0.460. The normalized spacial score (nSPS) is 16.2. The molecule has 2 aromatic rings. The number of benzene rings is 1. The highest BCUT2D eigenvalue weighted by atomic mass is 35.5. The Labute approximate surface area is 124 Å². The van der Waals surface area contributed by atoms with Gasteiger partial charge in [0.05, 0.1) is 0 Å². The van der Waals surface area contributed by atoms with E-state index < -0.39 is 0 Å². The molecule has 1 unspecified atom stereocenters. The van der Waals surface area contributed by atoms with Gasteiger partial charge in [-0.1, -0.05) is 23.7 Å². The van der Waals surface area contributed by atoms with Crippen molar-refractivity contribution in [1.82, 2.24) is 20.5 Å². The van der Waals surface area contributed by atoms with Crippen molar-refractivity contribution in [1.29, 1.82) is 0 Å². The van der Waals surface area contributed by atoms with Gasteiger partial charge >= 0.3 is 0 Å². The van der Waals surface area contributed by atoms with Crippen LogP contribution < -0.4 is 5.32 Å². The maximum atomic E-state index is 5.96. The molecule has 1 heterocycles. The number of H-pyrrole nitrogens is 1. The third-order valence-corrected chi connectivity index (χ3v) is 3.99. The highest BCUT2D eigenvalue weighted by molar-refractivity contribution is 6.30. The van der Waals surface area contributed by atoms with Crippen molar-refractivity contribution in [3.8, 4) is 0 Å². The summed E-state index contributed by atoms with van der Waals surface area (Å²) in [6, 6.07) is 8.68. The van der Waals surface area contributed by atoms with Crippen LogP contribution in [0.5, 0.6) is 0 Å². The zero-order valence-corrected chi connectivity index (χ0v) is 12.1. The average Bonchev–Trinajstić information content (AvgIpc) is 3.16. The van der Waals surface area contributed by atoms with Gasteiger partial charge in [0.1, 0.15) is 12.2 Å². The van der Waals surface area contributed by atoms with Gasteiger partial charge in [-0.2, -0.15) is 5.10 Å². The lowest BCUT2D eigenvalue weighted by molar-refractivity contribution is 0.474. The van der Waals surface area contributed by atoms with Gasteiger partial charge < -0.3 is 5.32 Å². The van der Waals surface area contributed by atoms with Gasteiger partial charge in [-0.3, -0.25) is 5.10 Å². The molecule has 1 aromatic heterocycles. The van der Waals surface area contributed by atoms with E-state index in [1.54, 1.807) is 6.33 Å². The van der Waals surface area contributed by atoms with Crippen molar-refractivity contribution in [3.63, 3.8) is 0 Å². The summed E-state index contributed by atoms with van der Waals surface area (Å²) >= 11 is 5.96. The molecular formula is C15H19ClN4. The van der Waals surface area contributed by atoms with E-state index in [0.29, 0.717) is 6.04 Å². The average molecular weight is 291 g/mol. The first-order chi connectivity index (χ1) is 9.83. The van der Waals surface area contributed by atoms with E-state index in [-0.39, 0.29) is 0 Å². The van der Waals surface area contributed by atoms with Crippen LogP contribution in [0.1, 0.15) is 36.7 Å². The van der Waals surface area contributed by atoms with E-state index in [1.165, 1.54) is 18.4 Å². The van der Waals surface area contributed by atoms with E-state index >= 15 is 0 Å². The van der Waals surface area contributed by atoms with Crippen molar-refractivity contribution >= 4 is 11.6 Å². The molecule has 0 radical (unpaired) electrons. The summed E-state index contributed by atoms with van der Waals surface area (Å²) in [5, 5.41) is 11.2. The number of aromatic nitrogens is 3. The van der Waals surface area contributed by atoms with Gasteiger partial charge in [0.2, 0.25) is 0 Å². The summed E-state index contributed by atoms with van der Waals surface area (Å²) in [4.78, 5) is 4.14. The smallest absolute Gasteiger partial charge is 0.137 e. The largest absolute Gasteiger partial charge is 0.310 e. The minimum Gasteiger partial charge on any atom is -0.310 e. The van der Waals surface area contributed by atoms with Crippen LogP contribution in [0, 0.1) is 5.92 Å². The summed E-state index contributed by atoms with van der Waals surface area (Å²) in [6.07, 6.45) is 6.20. The van der Waals surface area contributed by atoms with Crippen molar-refractivity contribution in [2.24, 2.45) is 5.92 Å². The Balaban J connectivity index is 1.51. The molecule has 1 aliphatic rings. The highest BCUT2D eigenvalue weighted by Gasteiger charge is 2.31. The minimum absolute atomic E-state index is 0.460. The Kier molecular flexibility index (Phi) is 4.33. The van der Waals surface area contributed by atoms with E-state index in [1.807, 2.05) is 12.1 Å². The van der Waals surface area contributed by atoms with Crippen molar-refractivity contribution in [2.45, 2.75) is 31.7 Å². The van der Waals surface area contributed by atoms with Gasteiger partial charge in [0.15, 0.2) is 0 Å². The van der Waals surface area contributed by atoms with Gasteiger partial charge in [-0.25, -0.2) is 4.98 Å². The molecule has 0 spiro atoms. The molecule has 0 aliphatic heterocycles. The van der Waals surface area contributed by atoms with Crippen molar-refractivity contribution < 1.29 is 0 Å². The fourth-order valence-electron chi connectivity index (χ4n) is 2.52. The number of halogens is 1. The number of aryl methyl sites for hydroxylation is 1. The van der Waals surface area contributed by atoms with Crippen molar-refractivity contribution in [3.05, 3.63) is 47.0 Å². The second-order valence-electron chi connectivity index (χ2n) is 5.36. The predicted octanol–water partition coefficient (Wildman–Crippen LogP) is 3.13. The molecular weight excluding hydrogens is 272 g/mol. The quantitative estimate of drug-likeness (QED) is 0.770. The van der Waals surface area contributed by atoms with E-state index in [4.69, 9.17) is 11.6 Å².